The highest BCUT2D eigenvalue weighted by Gasteiger charge is 2.33. The van der Waals surface area contributed by atoms with Gasteiger partial charge in [0, 0.05) is 27.5 Å². The second kappa shape index (κ2) is 34.9. The smallest absolute Gasteiger partial charge is 0.313 e. The highest BCUT2D eigenvalue weighted by atomic mass is 35.5. The number of hydrogen-bond acceptors (Lipinski definition) is 21. The molecule has 4 N–H and O–H groups in total. The Balaban J connectivity index is 0.715. The summed E-state index contributed by atoms with van der Waals surface area (Å²) in [7, 11) is -2.07. The predicted octanol–water partition coefficient (Wildman–Crippen LogP) is 4.45. The summed E-state index contributed by atoms with van der Waals surface area (Å²) in [6.07, 6.45) is 7.67. The number of aromatic nitrogens is 7. The normalized spacial score (nSPS) is 16.9. The molecule has 2 fully saturated rings. The third-order valence-corrected chi connectivity index (χ3v) is 13.8. The van der Waals surface area contributed by atoms with Crippen molar-refractivity contribution < 1.29 is 84.4 Å². The van der Waals surface area contributed by atoms with Gasteiger partial charge in [-0.1, -0.05) is 18.1 Å². The van der Waals surface area contributed by atoms with Gasteiger partial charge in [0.25, 0.3) is 0 Å². The number of fused-ring (bicyclic) bond motifs is 1. The molecule has 1 amide bonds. The van der Waals surface area contributed by atoms with Gasteiger partial charge in [-0.25, -0.2) is 22.5 Å². The number of esters is 1. The van der Waals surface area contributed by atoms with Crippen LogP contribution in [-0.2, 0) is 69.9 Å². The summed E-state index contributed by atoms with van der Waals surface area (Å²) in [4.78, 5) is 53.2. The fourth-order valence-electron chi connectivity index (χ4n) is 7.89. The fraction of sp³-hybridized carbons (Fsp3) is 0.674. The molecule has 424 valence electrons. The first-order valence-electron chi connectivity index (χ1n) is 25.0. The second-order valence-electron chi connectivity index (χ2n) is 17.1. The zero-order chi connectivity index (χ0) is 53.7. The minimum atomic E-state index is -1.69. The number of carbonyl (C=O) groups excluding carboxylic acids is 2. The van der Waals surface area contributed by atoms with Crippen LogP contribution >= 0.6 is 28.8 Å². The molecule has 5 atom stereocenters. The van der Waals surface area contributed by atoms with Gasteiger partial charge in [0.1, 0.15) is 23.4 Å². The minimum absolute atomic E-state index is 0.00351. The number of nitrogens with zero attached hydrogens (tertiary/aromatic N) is 7. The maximum Gasteiger partial charge on any atom is 0.313 e. The van der Waals surface area contributed by atoms with Crippen molar-refractivity contribution >= 4 is 57.5 Å². The molecular formula is C46H67ClF3N9O15P2. The first kappa shape index (κ1) is 61.3. The molecule has 1 aliphatic carbocycles. The Morgan fingerprint density at radius 3 is 2.11 bits per heavy atom. The summed E-state index contributed by atoms with van der Waals surface area (Å²) >= 11 is 6.42. The van der Waals surface area contributed by atoms with Crippen molar-refractivity contribution in [3.8, 4) is 5.75 Å². The molecule has 24 nitrogen and oxygen atoms in total. The van der Waals surface area contributed by atoms with Crippen molar-refractivity contribution in [2.24, 2.45) is 5.92 Å². The van der Waals surface area contributed by atoms with Crippen LogP contribution in [-0.4, -0.2) is 187 Å². The zero-order valence-corrected chi connectivity index (χ0v) is 44.7. The number of amides is 1. The standard InChI is InChI=1S/C46H67ClF3N9O15P2/c47-46-54-43(36-27-52-59(44(36)55-46)39-6-5-35(73-39)30-72-76(63)31-75-62)53-41(32-3-1-2-4-32)45(61)51-8-11-65-14-17-68-21-22-70-23-24-71-29-34-28-58(57-56-34)9-12-66-15-18-69-20-19-67-16-13-64-10-7-40(60)74-42-37(49)25-33(48)26-38(42)50/h25-28,32,35,39,41,62-63,75H,1-24,29-31H2,(H,51,61)(H,53,54,55). The summed E-state index contributed by atoms with van der Waals surface area (Å²) in [6, 6.07) is 0.279. The van der Waals surface area contributed by atoms with Crippen LogP contribution in [0, 0.1) is 23.4 Å². The van der Waals surface area contributed by atoms with Crippen LogP contribution in [0.4, 0.5) is 19.0 Å². The molecule has 3 aromatic heterocycles. The van der Waals surface area contributed by atoms with E-state index in [1.54, 1.807) is 21.8 Å². The molecule has 0 bridgehead atoms. The molecule has 1 aliphatic heterocycles. The molecule has 1 saturated heterocycles. The largest absolute Gasteiger partial charge is 0.420 e. The molecular weight excluding hydrogens is 1070 g/mol. The molecule has 5 unspecified atom stereocenters. The molecule has 4 heterocycles. The highest BCUT2D eigenvalue weighted by Crippen LogP contribution is 2.39. The van der Waals surface area contributed by atoms with Crippen LogP contribution in [0.1, 0.15) is 56.9 Å². The van der Waals surface area contributed by atoms with E-state index in [0.29, 0.717) is 140 Å². The molecule has 30 heteroatoms. The fourth-order valence-corrected chi connectivity index (χ4v) is 9.25. The predicted molar refractivity (Wildman–Crippen MR) is 268 cm³/mol. The van der Waals surface area contributed by atoms with E-state index in [2.05, 4.69) is 40.7 Å². The van der Waals surface area contributed by atoms with Gasteiger partial charge >= 0.3 is 5.97 Å². The lowest BCUT2D eigenvalue weighted by atomic mass is 9.97. The van der Waals surface area contributed by atoms with Gasteiger partial charge in [0.15, 0.2) is 31.9 Å². The molecule has 2 aliphatic rings. The Hall–Kier alpha value is -3.89. The van der Waals surface area contributed by atoms with E-state index in [-0.39, 0.29) is 77.4 Å². The Kier molecular flexibility index (Phi) is 28.1. The average Bonchev–Trinajstić information content (AvgIpc) is 4.25. The van der Waals surface area contributed by atoms with E-state index in [9.17, 15) is 27.7 Å². The maximum absolute atomic E-state index is 13.6. The molecule has 0 radical (unpaired) electrons. The van der Waals surface area contributed by atoms with Gasteiger partial charge in [0.05, 0.1) is 155 Å². The quantitative estimate of drug-likeness (QED) is 0.0157. The van der Waals surface area contributed by atoms with E-state index in [0.717, 1.165) is 25.7 Å². The summed E-state index contributed by atoms with van der Waals surface area (Å²) in [5.41, 5.74) is 1.14. The Labute approximate surface area is 445 Å². The van der Waals surface area contributed by atoms with Gasteiger partial charge < -0.3 is 72.3 Å². The molecule has 4 aromatic rings. The zero-order valence-electron chi connectivity index (χ0n) is 42.0. The van der Waals surface area contributed by atoms with Crippen LogP contribution in [0.15, 0.2) is 24.5 Å². The number of halogens is 4. The van der Waals surface area contributed by atoms with Gasteiger partial charge in [-0.05, 0) is 43.2 Å². The number of hydrogen-bond donors (Lipinski definition) is 4. The van der Waals surface area contributed by atoms with Gasteiger partial charge in [-0.15, -0.1) is 5.10 Å². The lowest BCUT2D eigenvalue weighted by molar-refractivity contribution is -0.136. The topological polar surface area (TPSA) is 274 Å². The molecule has 6 rings (SSSR count). The van der Waals surface area contributed by atoms with E-state index >= 15 is 0 Å². The molecule has 1 aromatic carbocycles. The first-order chi connectivity index (χ1) is 37.1. The van der Waals surface area contributed by atoms with Gasteiger partial charge in [-0.3, -0.25) is 9.59 Å². The number of ether oxygens (including phenoxy) is 10. The summed E-state index contributed by atoms with van der Waals surface area (Å²) in [5.74, 6) is -5.07. The number of carbonyl (C=O) groups is 2. The van der Waals surface area contributed by atoms with Crippen molar-refractivity contribution in [2.45, 2.75) is 76.5 Å². The summed E-state index contributed by atoms with van der Waals surface area (Å²) in [5, 5.41) is 19.7. The Bertz CT molecular complexity index is 2310. The summed E-state index contributed by atoms with van der Waals surface area (Å²) in [6.45, 7) is 5.99. The second-order valence-corrected chi connectivity index (χ2v) is 20.0. The SMILES string of the molecule is O=C(CCOCCOCCOCCOCCn1cc(COCCOCCOCCOCCNC(=O)C(Nc2nc(Cl)nc3c2cnn3C2CCC(COP(O)CPO)O2)C2CCCC2)nn1)Oc1c(F)cc(F)cc1F. The van der Waals surface area contributed by atoms with E-state index in [4.69, 9.17) is 63.6 Å². The minimum Gasteiger partial charge on any atom is -0.420 e. The highest BCUT2D eigenvalue weighted by molar-refractivity contribution is 7.58. The average molecular weight is 1140 g/mol. The molecule has 1 saturated carbocycles. The first-order valence-corrected chi connectivity index (χ1v) is 27.9. The number of benzene rings is 1. The van der Waals surface area contributed by atoms with E-state index in [1.165, 1.54) is 0 Å². The van der Waals surface area contributed by atoms with E-state index < -0.39 is 49.8 Å². The van der Waals surface area contributed by atoms with Crippen LogP contribution in [0.5, 0.6) is 5.75 Å². The summed E-state index contributed by atoms with van der Waals surface area (Å²) < 4.78 is 104. The monoisotopic (exact) mass is 1140 g/mol. The lowest BCUT2D eigenvalue weighted by Gasteiger charge is -2.24. The van der Waals surface area contributed by atoms with Gasteiger partial charge in [-0.2, -0.15) is 15.1 Å². The maximum atomic E-state index is 13.6. The van der Waals surface area contributed by atoms with E-state index in [1.807, 2.05) is 0 Å². The van der Waals surface area contributed by atoms with Crippen LogP contribution in [0.3, 0.4) is 0 Å². The van der Waals surface area contributed by atoms with Crippen LogP contribution in [0.25, 0.3) is 11.0 Å². The number of nitrogens with one attached hydrogen (secondary N) is 2. The van der Waals surface area contributed by atoms with Crippen molar-refractivity contribution in [3.63, 3.8) is 0 Å². The lowest BCUT2D eigenvalue weighted by Crippen LogP contribution is -2.45. The van der Waals surface area contributed by atoms with Crippen molar-refractivity contribution in [3.05, 3.63) is 53.0 Å². The number of anilines is 1. The Morgan fingerprint density at radius 2 is 1.45 bits per heavy atom. The van der Waals surface area contributed by atoms with Crippen LogP contribution in [0.2, 0.25) is 5.28 Å². The van der Waals surface area contributed by atoms with Gasteiger partial charge in [0.2, 0.25) is 16.9 Å². The van der Waals surface area contributed by atoms with Crippen molar-refractivity contribution in [1.82, 2.24) is 40.1 Å². The third kappa shape index (κ3) is 21.7. The number of rotatable bonds is 40. The molecule has 0 spiro atoms. The Morgan fingerprint density at radius 1 is 0.829 bits per heavy atom. The third-order valence-electron chi connectivity index (χ3n) is 11.6. The van der Waals surface area contributed by atoms with Crippen LogP contribution < -0.4 is 15.4 Å². The molecule has 76 heavy (non-hydrogen) atoms. The van der Waals surface area contributed by atoms with Crippen molar-refractivity contribution in [2.75, 3.05) is 123 Å². The van der Waals surface area contributed by atoms with Crippen molar-refractivity contribution in [1.29, 1.82) is 0 Å².